The van der Waals surface area contributed by atoms with Crippen molar-refractivity contribution in [1.29, 1.82) is 0 Å². The number of carbonyl (C=O) groups excluding carboxylic acids is 1. The summed E-state index contributed by atoms with van der Waals surface area (Å²) in [7, 11) is 0. The zero-order valence-electron chi connectivity index (χ0n) is 13.3. The lowest BCUT2D eigenvalue weighted by Crippen LogP contribution is -2.39. The minimum absolute atomic E-state index is 0.0429. The number of alkyl halides is 3. The second-order valence-corrected chi connectivity index (χ2v) is 6.60. The molecule has 2 aliphatic carbocycles. The van der Waals surface area contributed by atoms with Crippen molar-refractivity contribution in [1.82, 2.24) is 4.90 Å². The third kappa shape index (κ3) is 3.24. The van der Waals surface area contributed by atoms with Crippen molar-refractivity contribution in [3.05, 3.63) is 35.4 Å². The third-order valence-corrected chi connectivity index (χ3v) is 5.16. The predicted octanol–water partition coefficient (Wildman–Crippen LogP) is 4.60. The normalized spacial score (nSPS) is 24.7. The van der Waals surface area contributed by atoms with Gasteiger partial charge in [-0.15, -0.1) is 0 Å². The molecular weight excluding hydrogens is 303 g/mol. The number of hydrogen-bond acceptors (Lipinski definition) is 1. The molecule has 0 heterocycles. The Morgan fingerprint density at radius 2 is 1.87 bits per heavy atom. The zero-order chi connectivity index (χ0) is 16.6. The van der Waals surface area contributed by atoms with Gasteiger partial charge in [0.05, 0.1) is 5.56 Å². The fourth-order valence-electron chi connectivity index (χ4n) is 3.91. The smallest absolute Gasteiger partial charge is 0.340 e. The number of halogens is 3. The Bertz CT molecular complexity index is 578. The van der Waals surface area contributed by atoms with Crippen LogP contribution in [-0.4, -0.2) is 23.4 Å². The van der Waals surface area contributed by atoms with Gasteiger partial charge in [-0.3, -0.25) is 4.79 Å². The molecule has 0 aromatic heterocycles. The van der Waals surface area contributed by atoms with E-state index < -0.39 is 11.7 Å². The minimum atomic E-state index is -4.36. The van der Waals surface area contributed by atoms with E-state index in [0.29, 0.717) is 13.0 Å². The van der Waals surface area contributed by atoms with Gasteiger partial charge in [0.15, 0.2) is 0 Å². The Labute approximate surface area is 134 Å². The van der Waals surface area contributed by atoms with Crippen molar-refractivity contribution >= 4 is 5.91 Å². The highest BCUT2D eigenvalue weighted by Gasteiger charge is 2.49. The van der Waals surface area contributed by atoms with Gasteiger partial charge in [-0.2, -0.15) is 13.2 Å². The van der Waals surface area contributed by atoms with Crippen LogP contribution >= 0.6 is 0 Å². The van der Waals surface area contributed by atoms with Crippen molar-refractivity contribution in [2.45, 2.75) is 57.2 Å². The first-order valence-electron chi connectivity index (χ1n) is 8.40. The second kappa shape index (κ2) is 6.17. The van der Waals surface area contributed by atoms with Gasteiger partial charge in [0.2, 0.25) is 5.91 Å². The molecule has 126 valence electrons. The second-order valence-electron chi connectivity index (χ2n) is 6.60. The SMILES string of the molecule is CCN(C(=O)[C@@H]1C[C@H]1c1ccccc1C(F)(F)F)C1CCCC1. The summed E-state index contributed by atoms with van der Waals surface area (Å²) in [4.78, 5) is 14.6. The summed E-state index contributed by atoms with van der Waals surface area (Å²) < 4.78 is 39.4. The summed E-state index contributed by atoms with van der Waals surface area (Å²) in [6.07, 6.45) is 0.503. The van der Waals surface area contributed by atoms with Crippen LogP contribution in [0.2, 0.25) is 0 Å². The summed E-state index contributed by atoms with van der Waals surface area (Å²) in [6.45, 7) is 2.60. The maximum Gasteiger partial charge on any atom is 0.416 e. The molecule has 2 saturated carbocycles. The molecule has 5 heteroatoms. The third-order valence-electron chi connectivity index (χ3n) is 5.16. The van der Waals surface area contributed by atoms with Gasteiger partial charge in [0.1, 0.15) is 0 Å². The average molecular weight is 325 g/mol. The lowest BCUT2D eigenvalue weighted by Gasteiger charge is -2.28. The Morgan fingerprint density at radius 1 is 1.22 bits per heavy atom. The number of nitrogens with zero attached hydrogens (tertiary/aromatic N) is 1. The molecule has 0 spiro atoms. The van der Waals surface area contributed by atoms with Gasteiger partial charge in [0.25, 0.3) is 0 Å². The zero-order valence-corrected chi connectivity index (χ0v) is 13.3. The average Bonchev–Trinajstić information content (AvgIpc) is 3.14. The van der Waals surface area contributed by atoms with Crippen molar-refractivity contribution < 1.29 is 18.0 Å². The van der Waals surface area contributed by atoms with Crippen molar-refractivity contribution in [3.8, 4) is 0 Å². The van der Waals surface area contributed by atoms with E-state index in [1.165, 1.54) is 12.1 Å². The number of hydrogen-bond donors (Lipinski definition) is 0. The maximum atomic E-state index is 13.1. The molecule has 2 nitrogen and oxygen atoms in total. The molecule has 2 atom stereocenters. The fourth-order valence-corrected chi connectivity index (χ4v) is 3.91. The van der Waals surface area contributed by atoms with Gasteiger partial charge in [-0.25, -0.2) is 0 Å². The molecule has 1 amide bonds. The summed E-state index contributed by atoms with van der Waals surface area (Å²) in [5, 5.41) is 0. The quantitative estimate of drug-likeness (QED) is 0.792. The van der Waals surface area contributed by atoms with Crippen LogP contribution in [0.3, 0.4) is 0 Å². The number of amides is 1. The lowest BCUT2D eigenvalue weighted by atomic mass is 10.0. The molecular formula is C18H22F3NO. The highest BCUT2D eigenvalue weighted by atomic mass is 19.4. The molecule has 0 N–H and O–H groups in total. The molecule has 0 saturated heterocycles. The highest BCUT2D eigenvalue weighted by molar-refractivity contribution is 5.83. The van der Waals surface area contributed by atoms with Gasteiger partial charge in [-0.1, -0.05) is 31.0 Å². The Morgan fingerprint density at radius 3 is 2.48 bits per heavy atom. The van der Waals surface area contributed by atoms with E-state index in [0.717, 1.165) is 31.7 Å². The van der Waals surface area contributed by atoms with Crippen LogP contribution in [0.1, 0.15) is 56.1 Å². The number of carbonyl (C=O) groups is 1. The van der Waals surface area contributed by atoms with Crippen molar-refractivity contribution in [3.63, 3.8) is 0 Å². The van der Waals surface area contributed by atoms with E-state index in [2.05, 4.69) is 0 Å². The summed E-state index contributed by atoms with van der Waals surface area (Å²) in [5.74, 6) is -0.517. The molecule has 2 aliphatic rings. The van der Waals surface area contributed by atoms with Gasteiger partial charge in [0, 0.05) is 18.5 Å². The topological polar surface area (TPSA) is 20.3 Å². The monoisotopic (exact) mass is 325 g/mol. The molecule has 0 aliphatic heterocycles. The van der Waals surface area contributed by atoms with Crippen LogP contribution in [0.25, 0.3) is 0 Å². The molecule has 3 rings (SSSR count). The van der Waals surface area contributed by atoms with E-state index >= 15 is 0 Å². The van der Waals surface area contributed by atoms with Crippen LogP contribution in [0.15, 0.2) is 24.3 Å². The Hall–Kier alpha value is -1.52. The van der Waals surface area contributed by atoms with E-state index in [1.54, 1.807) is 6.07 Å². The fraction of sp³-hybridized carbons (Fsp3) is 0.611. The maximum absolute atomic E-state index is 13.1. The van der Waals surface area contributed by atoms with Crippen LogP contribution in [0.4, 0.5) is 13.2 Å². The first-order chi connectivity index (χ1) is 10.9. The largest absolute Gasteiger partial charge is 0.416 e. The van der Waals surface area contributed by atoms with Crippen LogP contribution < -0.4 is 0 Å². The first kappa shape index (κ1) is 16.3. The van der Waals surface area contributed by atoms with Gasteiger partial charge in [-0.05, 0) is 43.7 Å². The molecule has 0 bridgehead atoms. The Kier molecular flexibility index (Phi) is 4.39. The van der Waals surface area contributed by atoms with Crippen LogP contribution in [0, 0.1) is 5.92 Å². The van der Waals surface area contributed by atoms with Crippen LogP contribution in [0.5, 0.6) is 0 Å². The summed E-state index contributed by atoms with van der Waals surface area (Å²) >= 11 is 0. The predicted molar refractivity (Wildman–Crippen MR) is 81.9 cm³/mol. The first-order valence-corrected chi connectivity index (χ1v) is 8.40. The van der Waals surface area contributed by atoms with Crippen molar-refractivity contribution in [2.24, 2.45) is 5.92 Å². The van der Waals surface area contributed by atoms with Gasteiger partial charge >= 0.3 is 6.18 Å². The van der Waals surface area contributed by atoms with E-state index in [1.807, 2.05) is 11.8 Å². The number of rotatable bonds is 4. The Balaban J connectivity index is 1.75. The minimum Gasteiger partial charge on any atom is -0.340 e. The lowest BCUT2D eigenvalue weighted by molar-refractivity contribution is -0.139. The number of benzene rings is 1. The van der Waals surface area contributed by atoms with Crippen LogP contribution in [-0.2, 0) is 11.0 Å². The highest BCUT2D eigenvalue weighted by Crippen LogP contribution is 2.52. The van der Waals surface area contributed by atoms with E-state index in [-0.39, 0.29) is 29.3 Å². The molecule has 0 unspecified atom stereocenters. The van der Waals surface area contributed by atoms with Gasteiger partial charge < -0.3 is 4.90 Å². The van der Waals surface area contributed by atoms with Crippen molar-refractivity contribution in [2.75, 3.05) is 6.54 Å². The molecule has 1 aromatic carbocycles. The summed E-state index contributed by atoms with van der Waals surface area (Å²) in [5.41, 5.74) is -0.315. The summed E-state index contributed by atoms with van der Waals surface area (Å²) in [6, 6.07) is 5.95. The van der Waals surface area contributed by atoms with E-state index in [4.69, 9.17) is 0 Å². The van der Waals surface area contributed by atoms with E-state index in [9.17, 15) is 18.0 Å². The molecule has 0 radical (unpaired) electrons. The standard InChI is InChI=1S/C18H22F3NO/c1-2-22(12-7-3-4-8-12)17(23)15-11-14(15)13-9-5-6-10-16(13)18(19,20)21/h5-6,9-10,12,14-15H,2-4,7-8,11H2,1H3/t14-,15+/m0/s1. The molecule has 1 aromatic rings. The molecule has 2 fully saturated rings. The molecule has 23 heavy (non-hydrogen) atoms.